The number of carbonyl (C=O) groups is 1. The number of nitrogens with zero attached hydrogens (tertiary/aromatic N) is 1. The Kier molecular flexibility index (Phi) is 7.27. The molecule has 142 valence electrons. The molecule has 4 nitrogen and oxygen atoms in total. The molecule has 0 bridgehead atoms. The molecule has 5 heteroatoms. The van der Waals surface area contributed by atoms with Gasteiger partial charge in [0.2, 0.25) is 5.91 Å². The number of amides is 1. The quantitative estimate of drug-likeness (QED) is 0.341. The van der Waals surface area contributed by atoms with Crippen molar-refractivity contribution in [3.05, 3.63) is 95.6 Å². The number of hydrogen-bond donors (Lipinski definition) is 1. The van der Waals surface area contributed by atoms with Crippen LogP contribution in [0, 0.1) is 6.92 Å². The number of hydrogen-bond acceptors (Lipinski definition) is 4. The number of nitrogens with one attached hydrogen (secondary N) is 1. The molecule has 0 aliphatic carbocycles. The Morgan fingerprint density at radius 1 is 1.00 bits per heavy atom. The van der Waals surface area contributed by atoms with Crippen LogP contribution in [0.25, 0.3) is 0 Å². The summed E-state index contributed by atoms with van der Waals surface area (Å²) in [6.07, 6.45) is 1.61. The summed E-state index contributed by atoms with van der Waals surface area (Å²) < 4.78 is 5.89. The number of rotatable bonds is 8. The number of carbonyl (C=O) groups excluding carboxylic acids is 1. The second-order valence-electron chi connectivity index (χ2n) is 6.21. The zero-order valence-electron chi connectivity index (χ0n) is 15.7. The highest BCUT2D eigenvalue weighted by Gasteiger charge is 2.03. The van der Waals surface area contributed by atoms with Gasteiger partial charge in [0.1, 0.15) is 12.4 Å². The lowest BCUT2D eigenvalue weighted by molar-refractivity contribution is -0.118. The van der Waals surface area contributed by atoms with E-state index in [-0.39, 0.29) is 5.91 Å². The van der Waals surface area contributed by atoms with Crippen molar-refractivity contribution in [2.24, 2.45) is 5.10 Å². The van der Waals surface area contributed by atoms with Gasteiger partial charge in [0.05, 0.1) is 12.0 Å². The van der Waals surface area contributed by atoms with Crippen LogP contribution in [0.4, 0.5) is 0 Å². The standard InChI is InChI=1S/C23H22N2O2S/c1-18-11-13-21(14-12-18)28-17-23(26)25-24-15-20-9-5-6-10-22(20)27-16-19-7-3-2-4-8-19/h2-15H,16-17H2,1H3,(H,25,26)/b24-15+. The fourth-order valence-electron chi connectivity index (χ4n) is 2.44. The Morgan fingerprint density at radius 3 is 2.50 bits per heavy atom. The summed E-state index contributed by atoms with van der Waals surface area (Å²) in [6, 6.07) is 25.7. The molecular weight excluding hydrogens is 368 g/mol. The summed E-state index contributed by atoms with van der Waals surface area (Å²) in [5.41, 5.74) is 5.67. The number of para-hydroxylation sites is 1. The third-order valence-corrected chi connectivity index (χ3v) is 4.95. The molecule has 3 aromatic carbocycles. The molecule has 0 heterocycles. The van der Waals surface area contributed by atoms with Crippen molar-refractivity contribution < 1.29 is 9.53 Å². The van der Waals surface area contributed by atoms with Gasteiger partial charge < -0.3 is 4.74 Å². The molecule has 1 N–H and O–H groups in total. The lowest BCUT2D eigenvalue weighted by atomic mass is 10.2. The Hall–Kier alpha value is -3.05. The molecule has 0 aliphatic heterocycles. The van der Waals surface area contributed by atoms with E-state index < -0.39 is 0 Å². The van der Waals surface area contributed by atoms with E-state index in [1.54, 1.807) is 6.21 Å². The number of benzene rings is 3. The van der Waals surface area contributed by atoms with E-state index >= 15 is 0 Å². The van der Waals surface area contributed by atoms with Crippen LogP contribution in [-0.2, 0) is 11.4 Å². The molecule has 0 saturated heterocycles. The van der Waals surface area contributed by atoms with Gasteiger partial charge in [-0.2, -0.15) is 5.10 Å². The highest BCUT2D eigenvalue weighted by molar-refractivity contribution is 8.00. The molecule has 3 aromatic rings. The molecule has 0 spiro atoms. The normalized spacial score (nSPS) is 10.8. The third-order valence-electron chi connectivity index (χ3n) is 3.94. The zero-order chi connectivity index (χ0) is 19.6. The van der Waals surface area contributed by atoms with Gasteiger partial charge in [-0.05, 0) is 36.8 Å². The van der Waals surface area contributed by atoms with Gasteiger partial charge in [0.15, 0.2) is 0 Å². The largest absolute Gasteiger partial charge is 0.488 e. The molecule has 0 aromatic heterocycles. The molecule has 0 fully saturated rings. The minimum Gasteiger partial charge on any atom is -0.488 e. The number of hydrazone groups is 1. The summed E-state index contributed by atoms with van der Waals surface area (Å²) in [5.74, 6) is 0.884. The first-order valence-electron chi connectivity index (χ1n) is 8.98. The van der Waals surface area contributed by atoms with Crippen LogP contribution < -0.4 is 10.2 Å². The minimum absolute atomic E-state index is 0.149. The van der Waals surface area contributed by atoms with Crippen LogP contribution in [0.15, 0.2) is 88.9 Å². The molecule has 1 amide bonds. The number of ether oxygens (including phenoxy) is 1. The topological polar surface area (TPSA) is 50.7 Å². The molecule has 0 saturated carbocycles. The van der Waals surface area contributed by atoms with Crippen LogP contribution in [0.1, 0.15) is 16.7 Å². The molecule has 28 heavy (non-hydrogen) atoms. The lowest BCUT2D eigenvalue weighted by Gasteiger charge is -2.09. The van der Waals surface area contributed by atoms with Gasteiger partial charge in [-0.3, -0.25) is 4.79 Å². The second kappa shape index (κ2) is 10.3. The molecule has 3 rings (SSSR count). The first-order valence-corrected chi connectivity index (χ1v) is 9.96. The van der Waals surface area contributed by atoms with Crippen LogP contribution >= 0.6 is 11.8 Å². The van der Waals surface area contributed by atoms with E-state index in [4.69, 9.17) is 4.74 Å². The average molecular weight is 391 g/mol. The van der Waals surface area contributed by atoms with Crippen molar-refractivity contribution in [2.45, 2.75) is 18.4 Å². The van der Waals surface area contributed by atoms with Crippen molar-refractivity contribution in [3.8, 4) is 5.75 Å². The predicted molar refractivity (Wildman–Crippen MR) is 115 cm³/mol. The Balaban J connectivity index is 1.50. The Bertz CT molecular complexity index is 925. The van der Waals surface area contributed by atoms with Crippen molar-refractivity contribution >= 4 is 23.9 Å². The summed E-state index contributed by atoms with van der Waals surface area (Å²) >= 11 is 1.48. The molecule has 0 aliphatic rings. The first-order chi connectivity index (χ1) is 13.7. The maximum Gasteiger partial charge on any atom is 0.250 e. The van der Waals surface area contributed by atoms with Crippen molar-refractivity contribution in [3.63, 3.8) is 0 Å². The minimum atomic E-state index is -0.149. The van der Waals surface area contributed by atoms with E-state index in [2.05, 4.69) is 10.5 Å². The Morgan fingerprint density at radius 2 is 1.71 bits per heavy atom. The highest BCUT2D eigenvalue weighted by atomic mass is 32.2. The highest BCUT2D eigenvalue weighted by Crippen LogP contribution is 2.19. The molecule has 0 unspecified atom stereocenters. The van der Waals surface area contributed by atoms with E-state index in [9.17, 15) is 4.79 Å². The first kappa shape index (κ1) is 19.7. The van der Waals surface area contributed by atoms with E-state index in [0.717, 1.165) is 21.8 Å². The van der Waals surface area contributed by atoms with Crippen molar-refractivity contribution in [1.29, 1.82) is 0 Å². The van der Waals surface area contributed by atoms with Crippen LogP contribution in [-0.4, -0.2) is 17.9 Å². The van der Waals surface area contributed by atoms with Crippen LogP contribution in [0.5, 0.6) is 5.75 Å². The van der Waals surface area contributed by atoms with Crippen LogP contribution in [0.2, 0.25) is 0 Å². The SMILES string of the molecule is Cc1ccc(SCC(=O)N/N=C/c2ccccc2OCc2ccccc2)cc1. The maximum atomic E-state index is 12.0. The van der Waals surface area contributed by atoms with Crippen molar-refractivity contribution in [1.82, 2.24) is 5.43 Å². The van der Waals surface area contributed by atoms with Gasteiger partial charge in [-0.25, -0.2) is 5.43 Å². The summed E-state index contributed by atoms with van der Waals surface area (Å²) in [6.45, 7) is 2.52. The third kappa shape index (κ3) is 6.28. The van der Waals surface area contributed by atoms with E-state index in [1.807, 2.05) is 85.8 Å². The van der Waals surface area contributed by atoms with Gasteiger partial charge in [0.25, 0.3) is 0 Å². The van der Waals surface area contributed by atoms with Crippen LogP contribution in [0.3, 0.4) is 0 Å². The van der Waals surface area contributed by atoms with Gasteiger partial charge in [-0.1, -0.05) is 60.2 Å². The molecule has 0 radical (unpaired) electrons. The summed E-state index contributed by atoms with van der Waals surface area (Å²) in [7, 11) is 0. The second-order valence-corrected chi connectivity index (χ2v) is 7.26. The zero-order valence-corrected chi connectivity index (χ0v) is 16.5. The number of aryl methyl sites for hydroxylation is 1. The number of thioether (sulfide) groups is 1. The van der Waals surface area contributed by atoms with Gasteiger partial charge in [-0.15, -0.1) is 11.8 Å². The summed E-state index contributed by atoms with van der Waals surface area (Å²) in [4.78, 5) is 13.1. The van der Waals surface area contributed by atoms with Crippen molar-refractivity contribution in [2.75, 3.05) is 5.75 Å². The molecular formula is C23H22N2O2S. The lowest BCUT2D eigenvalue weighted by Crippen LogP contribution is -2.19. The van der Waals surface area contributed by atoms with Gasteiger partial charge >= 0.3 is 0 Å². The molecule has 0 atom stereocenters. The predicted octanol–water partition coefficient (Wildman–Crippen LogP) is 4.82. The monoisotopic (exact) mass is 390 g/mol. The van der Waals surface area contributed by atoms with Gasteiger partial charge in [0, 0.05) is 10.5 Å². The average Bonchev–Trinajstić information content (AvgIpc) is 2.73. The fraction of sp³-hybridized carbons (Fsp3) is 0.130. The summed E-state index contributed by atoms with van der Waals surface area (Å²) in [5, 5.41) is 4.07. The van der Waals surface area contributed by atoms with E-state index in [0.29, 0.717) is 12.4 Å². The maximum absolute atomic E-state index is 12.0. The smallest absolute Gasteiger partial charge is 0.250 e. The fourth-order valence-corrected chi connectivity index (χ4v) is 3.13. The van der Waals surface area contributed by atoms with E-state index in [1.165, 1.54) is 17.3 Å². The Labute approximate surface area is 169 Å².